The standard InChI is InChI=1S/C23H28N4O4S2/c1-2-27-22(18-19-6-4-3-5-7-19)24-25-23(27)32-17-16-31-20-8-10-21(11-9-20)33(28,29)26-12-14-30-15-13-26/h3-11H,2,12-18H2,1H3. The minimum atomic E-state index is -3.49. The van der Waals surface area contributed by atoms with E-state index in [1.165, 1.54) is 9.87 Å². The van der Waals surface area contributed by atoms with Crippen LogP contribution < -0.4 is 4.74 Å². The first-order valence-corrected chi connectivity index (χ1v) is 13.4. The second-order valence-electron chi connectivity index (χ2n) is 7.49. The zero-order valence-electron chi connectivity index (χ0n) is 18.6. The average Bonchev–Trinajstić information content (AvgIpc) is 3.24. The van der Waals surface area contributed by atoms with Crippen LogP contribution in [0, 0.1) is 0 Å². The highest BCUT2D eigenvalue weighted by molar-refractivity contribution is 7.99. The maximum atomic E-state index is 12.7. The molecule has 0 aliphatic carbocycles. The van der Waals surface area contributed by atoms with Crippen LogP contribution in [-0.2, 0) is 27.7 Å². The Balaban J connectivity index is 1.29. The summed E-state index contributed by atoms with van der Waals surface area (Å²) in [4.78, 5) is 0.271. The molecule has 0 spiro atoms. The van der Waals surface area contributed by atoms with Crippen molar-refractivity contribution in [3.63, 3.8) is 0 Å². The van der Waals surface area contributed by atoms with E-state index in [0.717, 1.165) is 23.9 Å². The first-order chi connectivity index (χ1) is 16.1. The van der Waals surface area contributed by atoms with Gasteiger partial charge in [-0.2, -0.15) is 4.31 Å². The summed E-state index contributed by atoms with van der Waals surface area (Å²) in [6, 6.07) is 16.8. The van der Waals surface area contributed by atoms with Crippen molar-refractivity contribution < 1.29 is 17.9 Å². The number of thioether (sulfide) groups is 1. The molecule has 0 saturated carbocycles. The van der Waals surface area contributed by atoms with Gasteiger partial charge in [-0.1, -0.05) is 42.1 Å². The number of sulfonamides is 1. The molecule has 0 atom stereocenters. The summed E-state index contributed by atoms with van der Waals surface area (Å²) in [7, 11) is -3.49. The monoisotopic (exact) mass is 488 g/mol. The fourth-order valence-corrected chi connectivity index (χ4v) is 5.84. The van der Waals surface area contributed by atoms with Gasteiger partial charge in [0.05, 0.1) is 24.7 Å². The maximum absolute atomic E-state index is 12.7. The van der Waals surface area contributed by atoms with Crippen molar-refractivity contribution in [3.05, 3.63) is 66.0 Å². The van der Waals surface area contributed by atoms with E-state index in [1.54, 1.807) is 36.0 Å². The summed E-state index contributed by atoms with van der Waals surface area (Å²) in [6.45, 7) is 4.99. The summed E-state index contributed by atoms with van der Waals surface area (Å²) < 4.78 is 40.0. The molecule has 33 heavy (non-hydrogen) atoms. The Morgan fingerprint density at radius 2 is 1.76 bits per heavy atom. The van der Waals surface area contributed by atoms with Crippen molar-refractivity contribution in [2.45, 2.75) is 29.9 Å². The molecule has 176 valence electrons. The number of hydrogen-bond acceptors (Lipinski definition) is 7. The summed E-state index contributed by atoms with van der Waals surface area (Å²) in [5, 5.41) is 9.60. The molecule has 3 aromatic rings. The molecule has 2 heterocycles. The number of rotatable bonds is 10. The van der Waals surface area contributed by atoms with Crippen LogP contribution in [0.2, 0.25) is 0 Å². The van der Waals surface area contributed by atoms with Crippen molar-refractivity contribution in [2.75, 3.05) is 38.7 Å². The molecule has 0 bridgehead atoms. The fraction of sp³-hybridized carbons (Fsp3) is 0.391. The zero-order chi connectivity index (χ0) is 23.1. The topological polar surface area (TPSA) is 86.5 Å². The van der Waals surface area contributed by atoms with Crippen LogP contribution in [0.3, 0.4) is 0 Å². The van der Waals surface area contributed by atoms with E-state index in [4.69, 9.17) is 9.47 Å². The number of nitrogens with zero attached hydrogens (tertiary/aromatic N) is 4. The van der Waals surface area contributed by atoms with E-state index in [-0.39, 0.29) is 4.90 Å². The van der Waals surface area contributed by atoms with E-state index in [0.29, 0.717) is 44.4 Å². The van der Waals surface area contributed by atoms with E-state index in [1.807, 2.05) is 18.2 Å². The Hall–Kier alpha value is -2.40. The summed E-state index contributed by atoms with van der Waals surface area (Å²) in [5.74, 6) is 2.29. The molecule has 0 unspecified atom stereocenters. The van der Waals surface area contributed by atoms with Gasteiger partial charge in [-0.15, -0.1) is 10.2 Å². The first-order valence-electron chi connectivity index (χ1n) is 11.0. The normalized spacial score (nSPS) is 14.9. The lowest BCUT2D eigenvalue weighted by molar-refractivity contribution is 0.0730. The largest absolute Gasteiger partial charge is 0.493 e. The second-order valence-corrected chi connectivity index (χ2v) is 10.5. The number of morpholine rings is 1. The Morgan fingerprint density at radius 3 is 2.45 bits per heavy atom. The lowest BCUT2D eigenvalue weighted by atomic mass is 10.1. The lowest BCUT2D eigenvalue weighted by Crippen LogP contribution is -2.40. The average molecular weight is 489 g/mol. The Bertz CT molecular complexity index is 1130. The third kappa shape index (κ3) is 5.94. The summed E-state index contributed by atoms with van der Waals surface area (Å²) in [5.41, 5.74) is 1.21. The van der Waals surface area contributed by atoms with Gasteiger partial charge in [0.2, 0.25) is 10.0 Å². The van der Waals surface area contributed by atoms with Gasteiger partial charge in [-0.3, -0.25) is 0 Å². The Labute approximate surface area is 199 Å². The molecular weight excluding hydrogens is 460 g/mol. The van der Waals surface area contributed by atoms with Crippen LogP contribution in [0.15, 0.2) is 64.6 Å². The van der Waals surface area contributed by atoms with Crippen LogP contribution in [0.4, 0.5) is 0 Å². The van der Waals surface area contributed by atoms with Crippen LogP contribution in [0.25, 0.3) is 0 Å². The maximum Gasteiger partial charge on any atom is 0.243 e. The number of benzene rings is 2. The van der Waals surface area contributed by atoms with Gasteiger partial charge in [0.25, 0.3) is 0 Å². The highest BCUT2D eigenvalue weighted by Crippen LogP contribution is 2.22. The van der Waals surface area contributed by atoms with Crippen molar-refractivity contribution >= 4 is 21.8 Å². The Kier molecular flexibility index (Phi) is 8.02. The molecule has 1 aliphatic rings. The highest BCUT2D eigenvalue weighted by atomic mass is 32.2. The molecule has 1 fully saturated rings. The second kappa shape index (κ2) is 11.1. The van der Waals surface area contributed by atoms with Crippen LogP contribution in [0.5, 0.6) is 5.75 Å². The predicted octanol–water partition coefficient (Wildman–Crippen LogP) is 3.08. The molecular formula is C23H28N4O4S2. The van der Waals surface area contributed by atoms with E-state index >= 15 is 0 Å². The van der Waals surface area contributed by atoms with Crippen LogP contribution in [0.1, 0.15) is 18.3 Å². The lowest BCUT2D eigenvalue weighted by Gasteiger charge is -2.26. The van der Waals surface area contributed by atoms with Gasteiger partial charge >= 0.3 is 0 Å². The molecule has 10 heteroatoms. The highest BCUT2D eigenvalue weighted by Gasteiger charge is 2.26. The zero-order valence-corrected chi connectivity index (χ0v) is 20.2. The quantitative estimate of drug-likeness (QED) is 0.320. The van der Waals surface area contributed by atoms with Crippen molar-refractivity contribution in [1.82, 2.24) is 19.1 Å². The fourth-order valence-electron chi connectivity index (χ4n) is 3.59. The number of ether oxygens (including phenoxy) is 2. The van der Waals surface area contributed by atoms with Gasteiger partial charge in [0.1, 0.15) is 11.6 Å². The first kappa shape index (κ1) is 23.7. The van der Waals surface area contributed by atoms with Crippen molar-refractivity contribution in [2.24, 2.45) is 0 Å². The predicted molar refractivity (Wildman–Crippen MR) is 127 cm³/mol. The third-order valence-corrected chi connectivity index (χ3v) is 8.17. The molecule has 1 aromatic heterocycles. The minimum Gasteiger partial charge on any atom is -0.493 e. The number of hydrogen-bond donors (Lipinski definition) is 0. The SMILES string of the molecule is CCn1c(Cc2ccccc2)nnc1SCCOc1ccc(S(=O)(=O)N2CCOCC2)cc1. The van der Waals surface area contributed by atoms with Gasteiger partial charge in [0.15, 0.2) is 5.16 Å². The van der Waals surface area contributed by atoms with Gasteiger partial charge in [-0.25, -0.2) is 8.42 Å². The third-order valence-electron chi connectivity index (χ3n) is 5.33. The van der Waals surface area contributed by atoms with E-state index in [9.17, 15) is 8.42 Å². The minimum absolute atomic E-state index is 0.271. The molecule has 8 nitrogen and oxygen atoms in total. The molecule has 0 N–H and O–H groups in total. The molecule has 1 saturated heterocycles. The molecule has 4 rings (SSSR count). The van der Waals surface area contributed by atoms with E-state index in [2.05, 4.69) is 33.8 Å². The van der Waals surface area contributed by atoms with Gasteiger partial charge < -0.3 is 14.0 Å². The van der Waals surface area contributed by atoms with Gasteiger partial charge in [0, 0.05) is 31.8 Å². The Morgan fingerprint density at radius 1 is 1.03 bits per heavy atom. The summed E-state index contributed by atoms with van der Waals surface area (Å²) >= 11 is 1.60. The van der Waals surface area contributed by atoms with Crippen molar-refractivity contribution in [1.29, 1.82) is 0 Å². The van der Waals surface area contributed by atoms with Crippen molar-refractivity contribution in [3.8, 4) is 5.75 Å². The molecule has 0 amide bonds. The number of aromatic nitrogens is 3. The van der Waals surface area contributed by atoms with Crippen LogP contribution >= 0.6 is 11.8 Å². The van der Waals surface area contributed by atoms with E-state index < -0.39 is 10.0 Å². The molecule has 2 aromatic carbocycles. The smallest absolute Gasteiger partial charge is 0.243 e. The molecule has 1 aliphatic heterocycles. The molecule has 0 radical (unpaired) electrons. The summed E-state index contributed by atoms with van der Waals surface area (Å²) in [6.07, 6.45) is 0.748. The van der Waals surface area contributed by atoms with Crippen LogP contribution in [-0.4, -0.2) is 66.2 Å². The van der Waals surface area contributed by atoms with Gasteiger partial charge in [-0.05, 0) is 36.8 Å².